The van der Waals surface area contributed by atoms with E-state index in [2.05, 4.69) is 5.32 Å². The zero-order valence-corrected chi connectivity index (χ0v) is 14.6. The Morgan fingerprint density at radius 3 is 2.56 bits per heavy atom. The van der Waals surface area contributed by atoms with Gasteiger partial charge in [-0.3, -0.25) is 4.79 Å². The molecule has 0 radical (unpaired) electrons. The molecule has 0 aliphatic heterocycles. The molecule has 0 spiro atoms. The van der Waals surface area contributed by atoms with E-state index < -0.39 is 24.0 Å². The normalized spacial score (nSPS) is 40.3. The number of amides is 1. The zero-order valence-electron chi connectivity index (χ0n) is 13.8. The molecule has 136 valence electrons. The summed E-state index contributed by atoms with van der Waals surface area (Å²) in [4.78, 5) is 11.4. The van der Waals surface area contributed by atoms with Gasteiger partial charge in [-0.15, -0.1) is 11.6 Å². The van der Waals surface area contributed by atoms with Gasteiger partial charge in [-0.2, -0.15) is 8.78 Å². The maximum atomic E-state index is 12.9. The topological polar surface area (TPSA) is 49.3 Å². The number of benzene rings is 1. The highest BCUT2D eigenvalue weighted by molar-refractivity contribution is 6.24. The molecule has 4 aliphatic rings. The highest BCUT2D eigenvalue weighted by Gasteiger charge is 2.63. The van der Waals surface area contributed by atoms with Crippen LogP contribution in [0.15, 0.2) is 30.3 Å². The minimum Gasteiger partial charge on any atom is -0.389 e. The fraction of sp³-hybridized carbons (Fsp3) is 0.632. The van der Waals surface area contributed by atoms with Crippen LogP contribution in [0.5, 0.6) is 0 Å². The van der Waals surface area contributed by atoms with E-state index in [0.29, 0.717) is 18.8 Å². The molecule has 0 heterocycles. The van der Waals surface area contributed by atoms with Gasteiger partial charge in [0.2, 0.25) is 0 Å². The summed E-state index contributed by atoms with van der Waals surface area (Å²) in [6, 6.07) is 8.50. The van der Waals surface area contributed by atoms with Gasteiger partial charge >= 0.3 is 6.43 Å². The second kappa shape index (κ2) is 5.92. The number of carbonyl (C=O) groups is 1. The van der Waals surface area contributed by atoms with Gasteiger partial charge in [0.05, 0.1) is 11.6 Å². The summed E-state index contributed by atoms with van der Waals surface area (Å²) >= 11 is 6.73. The van der Waals surface area contributed by atoms with Gasteiger partial charge in [-0.25, -0.2) is 0 Å². The minimum absolute atomic E-state index is 0.131. The van der Waals surface area contributed by atoms with Crippen LogP contribution in [0.1, 0.15) is 43.7 Å². The zero-order chi connectivity index (χ0) is 17.8. The lowest BCUT2D eigenvalue weighted by Gasteiger charge is -2.63. The molecule has 1 aromatic carbocycles. The summed E-state index contributed by atoms with van der Waals surface area (Å²) in [6.07, 6.45) is 0.654. The van der Waals surface area contributed by atoms with Crippen molar-refractivity contribution in [3.8, 4) is 0 Å². The first kappa shape index (κ1) is 17.2. The van der Waals surface area contributed by atoms with E-state index in [0.717, 1.165) is 24.8 Å². The van der Waals surface area contributed by atoms with Crippen molar-refractivity contribution in [1.29, 1.82) is 0 Å². The number of hydrogen-bond acceptors (Lipinski definition) is 2. The average molecular weight is 370 g/mol. The summed E-state index contributed by atoms with van der Waals surface area (Å²) in [6.45, 7) is 0. The molecule has 6 heteroatoms. The van der Waals surface area contributed by atoms with Crippen LogP contribution in [0.25, 0.3) is 0 Å². The van der Waals surface area contributed by atoms with Gasteiger partial charge in [0.15, 0.2) is 0 Å². The van der Waals surface area contributed by atoms with Gasteiger partial charge in [-0.1, -0.05) is 30.3 Å². The molecule has 2 N–H and O–H groups in total. The summed E-state index contributed by atoms with van der Waals surface area (Å²) in [5.74, 6) is -1.06. The van der Waals surface area contributed by atoms with E-state index >= 15 is 0 Å². The molecule has 1 amide bonds. The van der Waals surface area contributed by atoms with Crippen molar-refractivity contribution in [1.82, 2.24) is 5.32 Å². The van der Waals surface area contributed by atoms with E-state index in [1.165, 1.54) is 0 Å². The number of carbonyl (C=O) groups excluding carboxylic acids is 1. The number of aliphatic hydroxyl groups is 1. The van der Waals surface area contributed by atoms with E-state index in [9.17, 15) is 18.7 Å². The van der Waals surface area contributed by atoms with Gasteiger partial charge in [0.25, 0.3) is 5.91 Å². The number of hydrogen-bond donors (Lipinski definition) is 2. The van der Waals surface area contributed by atoms with Crippen molar-refractivity contribution in [3.05, 3.63) is 35.9 Å². The standard InChI is InChI=1S/C19H22ClF2NO2/c20-18-7-11-6-13(9-18)14(19(25,8-11)10-18)15(23-17(24)16(21)22)12-4-2-1-3-5-12/h1-5,11,13-16,25H,6-10H2,(H,23,24)/t11?,13?,14-,15+,18+,19+/m1/s1. The van der Waals surface area contributed by atoms with E-state index in [-0.39, 0.29) is 16.7 Å². The van der Waals surface area contributed by atoms with Crippen molar-refractivity contribution < 1.29 is 18.7 Å². The number of nitrogens with one attached hydrogen (secondary N) is 1. The van der Waals surface area contributed by atoms with Crippen molar-refractivity contribution >= 4 is 17.5 Å². The van der Waals surface area contributed by atoms with Crippen LogP contribution in [0.4, 0.5) is 8.78 Å². The first-order valence-electron chi connectivity index (χ1n) is 8.84. The van der Waals surface area contributed by atoms with Crippen LogP contribution in [0, 0.1) is 17.8 Å². The third kappa shape index (κ3) is 2.95. The third-order valence-corrected chi connectivity index (χ3v) is 6.77. The molecule has 2 unspecified atom stereocenters. The highest BCUT2D eigenvalue weighted by atomic mass is 35.5. The smallest absolute Gasteiger partial charge is 0.315 e. The fourth-order valence-electron chi connectivity index (χ4n) is 5.89. The van der Waals surface area contributed by atoms with Gasteiger partial charge in [-0.05, 0) is 49.5 Å². The SMILES string of the molecule is O=C(N[C@@H](c1ccccc1)[C@H]1C2CC3C[C@](Cl)(C2)C[C@@]1(O)C3)C(F)F. The second-order valence-electron chi connectivity index (χ2n) is 8.13. The second-order valence-corrected chi connectivity index (χ2v) is 8.93. The maximum Gasteiger partial charge on any atom is 0.315 e. The van der Waals surface area contributed by atoms with E-state index in [4.69, 9.17) is 11.6 Å². The Labute approximate surface area is 150 Å². The molecular formula is C19H22ClF2NO2. The van der Waals surface area contributed by atoms with Gasteiger partial charge in [0, 0.05) is 10.8 Å². The lowest BCUT2D eigenvalue weighted by Crippen LogP contribution is -2.64. The molecule has 25 heavy (non-hydrogen) atoms. The summed E-state index contributed by atoms with van der Waals surface area (Å²) in [7, 11) is 0. The van der Waals surface area contributed by atoms with Crippen molar-refractivity contribution in [3.63, 3.8) is 0 Å². The van der Waals surface area contributed by atoms with Crippen LogP contribution in [-0.2, 0) is 4.79 Å². The Morgan fingerprint density at radius 1 is 1.24 bits per heavy atom. The minimum atomic E-state index is -3.07. The predicted octanol–water partition coefficient (Wildman–Crippen LogP) is 3.66. The first-order chi connectivity index (χ1) is 11.8. The van der Waals surface area contributed by atoms with Crippen molar-refractivity contribution in [2.75, 3.05) is 0 Å². The molecule has 1 aromatic rings. The Kier molecular flexibility index (Phi) is 4.08. The quantitative estimate of drug-likeness (QED) is 0.796. The molecule has 4 bridgehead atoms. The molecule has 0 saturated heterocycles. The molecule has 4 aliphatic carbocycles. The summed E-state index contributed by atoms with van der Waals surface area (Å²) < 4.78 is 25.8. The van der Waals surface area contributed by atoms with Crippen LogP contribution >= 0.6 is 11.6 Å². The summed E-state index contributed by atoms with van der Waals surface area (Å²) in [5.41, 5.74) is -0.257. The molecule has 4 fully saturated rings. The van der Waals surface area contributed by atoms with Crippen molar-refractivity contribution in [2.24, 2.45) is 17.8 Å². The monoisotopic (exact) mass is 369 g/mol. The van der Waals surface area contributed by atoms with Crippen LogP contribution in [0.2, 0.25) is 0 Å². The number of alkyl halides is 3. The van der Waals surface area contributed by atoms with Crippen LogP contribution in [0.3, 0.4) is 0 Å². The van der Waals surface area contributed by atoms with Crippen LogP contribution < -0.4 is 5.32 Å². The van der Waals surface area contributed by atoms with E-state index in [1.54, 1.807) is 0 Å². The Balaban J connectivity index is 1.71. The highest BCUT2D eigenvalue weighted by Crippen LogP contribution is 2.64. The largest absolute Gasteiger partial charge is 0.389 e. The molecule has 0 aromatic heterocycles. The Bertz CT molecular complexity index is 673. The fourth-order valence-corrected chi connectivity index (χ4v) is 6.54. The third-order valence-electron chi connectivity index (χ3n) is 6.33. The molecule has 4 saturated carbocycles. The van der Waals surface area contributed by atoms with E-state index in [1.807, 2.05) is 30.3 Å². The Hall–Kier alpha value is -1.20. The predicted molar refractivity (Wildman–Crippen MR) is 90.4 cm³/mol. The molecule has 5 rings (SSSR count). The molecular weight excluding hydrogens is 348 g/mol. The van der Waals surface area contributed by atoms with Gasteiger partial charge < -0.3 is 10.4 Å². The number of halogens is 3. The lowest BCUT2D eigenvalue weighted by molar-refractivity contribution is -0.176. The number of rotatable bonds is 4. The first-order valence-corrected chi connectivity index (χ1v) is 9.22. The lowest BCUT2D eigenvalue weighted by atomic mass is 9.47. The average Bonchev–Trinajstić information content (AvgIpc) is 2.51. The Morgan fingerprint density at radius 2 is 1.96 bits per heavy atom. The van der Waals surface area contributed by atoms with Crippen molar-refractivity contribution in [2.45, 2.75) is 55.0 Å². The molecule has 3 nitrogen and oxygen atoms in total. The van der Waals surface area contributed by atoms with Gasteiger partial charge in [0.1, 0.15) is 0 Å². The molecule has 6 atom stereocenters. The van der Waals surface area contributed by atoms with Crippen LogP contribution in [-0.4, -0.2) is 27.9 Å². The summed E-state index contributed by atoms with van der Waals surface area (Å²) in [5, 5.41) is 13.9. The maximum absolute atomic E-state index is 12.9.